The van der Waals surface area contributed by atoms with Gasteiger partial charge in [0, 0.05) is 12.5 Å². The molecule has 2 rings (SSSR count). The summed E-state index contributed by atoms with van der Waals surface area (Å²) < 4.78 is 5.63. The predicted molar refractivity (Wildman–Crippen MR) is 63.7 cm³/mol. The first-order valence-corrected chi connectivity index (χ1v) is 6.22. The lowest BCUT2D eigenvalue weighted by Gasteiger charge is -2.12. The topological polar surface area (TPSA) is 76.7 Å². The number of aliphatic hydroxyl groups is 1. The molecule has 0 aromatic carbocycles. The lowest BCUT2D eigenvalue weighted by atomic mass is 10.2. The van der Waals surface area contributed by atoms with Crippen molar-refractivity contribution in [3.63, 3.8) is 0 Å². The second kappa shape index (κ2) is 4.89. The molecule has 0 saturated carbocycles. The minimum atomic E-state index is -0.614. The Hall–Kier alpha value is -1.34. The van der Waals surface area contributed by atoms with Gasteiger partial charge in [-0.2, -0.15) is 5.10 Å². The summed E-state index contributed by atoms with van der Waals surface area (Å²) in [7, 11) is 0. The summed E-state index contributed by atoms with van der Waals surface area (Å²) in [5, 5.41) is 18.1. The molecule has 0 saturated heterocycles. The molecule has 7 heteroatoms. The Morgan fingerprint density at radius 3 is 2.82 bits per heavy atom. The van der Waals surface area contributed by atoms with Crippen molar-refractivity contribution in [2.24, 2.45) is 0 Å². The summed E-state index contributed by atoms with van der Waals surface area (Å²) in [6.45, 7) is 5.91. The number of nitrogens with zero attached hydrogens (tertiary/aromatic N) is 5. The molecule has 2 aromatic rings. The zero-order chi connectivity index (χ0) is 12.4. The minimum Gasteiger partial charge on any atom is -0.387 e. The van der Waals surface area contributed by atoms with Gasteiger partial charge in [-0.3, -0.25) is 0 Å². The van der Waals surface area contributed by atoms with Crippen molar-refractivity contribution in [2.45, 2.75) is 39.3 Å². The van der Waals surface area contributed by atoms with Crippen molar-refractivity contribution in [3.05, 3.63) is 22.7 Å². The Labute approximate surface area is 103 Å². The highest BCUT2D eigenvalue weighted by Gasteiger charge is 2.18. The van der Waals surface area contributed by atoms with Crippen molar-refractivity contribution >= 4 is 11.5 Å². The largest absolute Gasteiger partial charge is 0.387 e. The van der Waals surface area contributed by atoms with Gasteiger partial charge in [-0.25, -0.2) is 9.67 Å². The molecule has 0 radical (unpaired) electrons. The van der Waals surface area contributed by atoms with Crippen LogP contribution in [0.4, 0.5) is 0 Å². The molecule has 2 aromatic heterocycles. The molecule has 92 valence electrons. The number of hydrogen-bond acceptors (Lipinski definition) is 6. The van der Waals surface area contributed by atoms with E-state index in [0.29, 0.717) is 6.42 Å². The molecule has 0 bridgehead atoms. The van der Waals surface area contributed by atoms with Crippen LogP contribution in [-0.4, -0.2) is 29.5 Å². The number of aryl methyl sites for hydroxylation is 1. The van der Waals surface area contributed by atoms with Crippen molar-refractivity contribution < 1.29 is 5.11 Å². The van der Waals surface area contributed by atoms with Crippen molar-refractivity contribution in [1.29, 1.82) is 0 Å². The van der Waals surface area contributed by atoms with E-state index >= 15 is 0 Å². The summed E-state index contributed by atoms with van der Waals surface area (Å²) in [4.78, 5) is 4.97. The molecule has 1 unspecified atom stereocenters. The van der Waals surface area contributed by atoms with Gasteiger partial charge in [0.15, 0.2) is 0 Å². The third-order valence-corrected chi connectivity index (χ3v) is 3.43. The van der Waals surface area contributed by atoms with Crippen LogP contribution in [0.2, 0.25) is 0 Å². The predicted octanol–water partition coefficient (Wildman–Crippen LogP) is 1.30. The molecule has 0 aliphatic carbocycles. The van der Waals surface area contributed by atoms with Crippen LogP contribution >= 0.6 is 11.5 Å². The molecule has 0 spiro atoms. The Morgan fingerprint density at radius 2 is 2.24 bits per heavy atom. The Morgan fingerprint density at radius 1 is 1.47 bits per heavy atom. The average molecular weight is 253 g/mol. The second-order valence-electron chi connectivity index (χ2n) is 4.16. The molecule has 1 atom stereocenters. The van der Waals surface area contributed by atoms with Gasteiger partial charge in [0.2, 0.25) is 0 Å². The highest BCUT2D eigenvalue weighted by atomic mass is 32.1. The van der Waals surface area contributed by atoms with Crippen LogP contribution in [0, 0.1) is 6.92 Å². The van der Waals surface area contributed by atoms with Gasteiger partial charge < -0.3 is 5.11 Å². The maximum absolute atomic E-state index is 10.1. The van der Waals surface area contributed by atoms with E-state index in [1.807, 2.05) is 25.5 Å². The SMILES string of the molecule is Cc1nnsc1C(O)Cc1ncnn1C(C)C. The van der Waals surface area contributed by atoms with Crippen LogP contribution in [0.5, 0.6) is 0 Å². The fourth-order valence-electron chi connectivity index (χ4n) is 1.66. The summed E-state index contributed by atoms with van der Waals surface area (Å²) in [5.74, 6) is 0.778. The van der Waals surface area contributed by atoms with Gasteiger partial charge in [0.1, 0.15) is 12.2 Å². The molecule has 0 fully saturated rings. The summed E-state index contributed by atoms with van der Waals surface area (Å²) in [6.07, 6.45) is 1.33. The number of aliphatic hydroxyl groups excluding tert-OH is 1. The lowest BCUT2D eigenvalue weighted by molar-refractivity contribution is 0.176. The third-order valence-electron chi connectivity index (χ3n) is 2.50. The molecule has 6 nitrogen and oxygen atoms in total. The van der Waals surface area contributed by atoms with Crippen molar-refractivity contribution in [3.8, 4) is 0 Å². The first-order chi connectivity index (χ1) is 8.09. The maximum atomic E-state index is 10.1. The van der Waals surface area contributed by atoms with E-state index in [4.69, 9.17) is 0 Å². The van der Waals surface area contributed by atoms with Gasteiger partial charge in [-0.1, -0.05) is 4.49 Å². The molecule has 2 heterocycles. The standard InChI is InChI=1S/C10H15N5OS/c1-6(2)15-9(11-5-12-15)4-8(16)10-7(3)13-14-17-10/h5-6,8,16H,4H2,1-3H3. The van der Waals surface area contributed by atoms with E-state index in [0.717, 1.165) is 16.4 Å². The van der Waals surface area contributed by atoms with Crippen molar-refractivity contribution in [2.75, 3.05) is 0 Å². The molecule has 0 aliphatic rings. The molecule has 1 N–H and O–H groups in total. The van der Waals surface area contributed by atoms with Crippen LogP contribution < -0.4 is 0 Å². The first kappa shape index (κ1) is 12.1. The van der Waals surface area contributed by atoms with Crippen LogP contribution in [-0.2, 0) is 6.42 Å². The lowest BCUT2D eigenvalue weighted by Crippen LogP contribution is -2.12. The van der Waals surface area contributed by atoms with E-state index in [1.54, 1.807) is 0 Å². The molecular formula is C10H15N5OS. The van der Waals surface area contributed by atoms with Crippen molar-refractivity contribution in [1.82, 2.24) is 24.4 Å². The van der Waals surface area contributed by atoms with Crippen LogP contribution in [0.15, 0.2) is 6.33 Å². The highest BCUT2D eigenvalue weighted by Crippen LogP contribution is 2.23. The van der Waals surface area contributed by atoms with Gasteiger partial charge in [-0.15, -0.1) is 5.10 Å². The monoisotopic (exact) mass is 253 g/mol. The fourth-order valence-corrected chi connectivity index (χ4v) is 2.29. The molecule has 0 amide bonds. The van der Waals surface area contributed by atoms with E-state index in [-0.39, 0.29) is 6.04 Å². The van der Waals surface area contributed by atoms with Gasteiger partial charge >= 0.3 is 0 Å². The average Bonchev–Trinajstić information content (AvgIpc) is 2.86. The zero-order valence-electron chi connectivity index (χ0n) is 10.0. The summed E-state index contributed by atoms with van der Waals surface area (Å²) in [5.41, 5.74) is 0.776. The Balaban J connectivity index is 2.16. The van der Waals surface area contributed by atoms with E-state index in [2.05, 4.69) is 19.7 Å². The molecular weight excluding hydrogens is 238 g/mol. The first-order valence-electron chi connectivity index (χ1n) is 5.45. The number of hydrogen-bond donors (Lipinski definition) is 1. The minimum absolute atomic E-state index is 0.236. The van der Waals surface area contributed by atoms with E-state index < -0.39 is 6.10 Å². The van der Waals surface area contributed by atoms with Crippen LogP contribution in [0.1, 0.15) is 42.4 Å². The number of aromatic nitrogens is 5. The Kier molecular flexibility index (Phi) is 3.49. The molecule has 0 aliphatic heterocycles. The second-order valence-corrected chi connectivity index (χ2v) is 4.94. The van der Waals surface area contributed by atoms with Crippen LogP contribution in [0.3, 0.4) is 0 Å². The quantitative estimate of drug-likeness (QED) is 0.888. The Bertz CT molecular complexity index is 492. The summed E-state index contributed by atoms with van der Waals surface area (Å²) in [6, 6.07) is 0.236. The smallest absolute Gasteiger partial charge is 0.138 e. The van der Waals surface area contributed by atoms with Gasteiger partial charge in [0.05, 0.1) is 16.7 Å². The van der Waals surface area contributed by atoms with Gasteiger partial charge in [0.25, 0.3) is 0 Å². The number of rotatable bonds is 4. The highest BCUT2D eigenvalue weighted by molar-refractivity contribution is 7.05. The van der Waals surface area contributed by atoms with Crippen LogP contribution in [0.25, 0.3) is 0 Å². The third kappa shape index (κ3) is 2.50. The maximum Gasteiger partial charge on any atom is 0.138 e. The van der Waals surface area contributed by atoms with E-state index in [9.17, 15) is 5.11 Å². The normalized spacial score (nSPS) is 13.2. The summed E-state index contributed by atoms with van der Waals surface area (Å²) >= 11 is 1.23. The zero-order valence-corrected chi connectivity index (χ0v) is 10.8. The van der Waals surface area contributed by atoms with Gasteiger partial charge in [-0.05, 0) is 32.3 Å². The molecule has 17 heavy (non-hydrogen) atoms. The fraction of sp³-hybridized carbons (Fsp3) is 0.600. The van der Waals surface area contributed by atoms with E-state index in [1.165, 1.54) is 17.9 Å².